The fourth-order valence-corrected chi connectivity index (χ4v) is 1.12. The van der Waals surface area contributed by atoms with Gasteiger partial charge in [-0.05, 0) is 13.0 Å². The molecule has 0 bridgehead atoms. The zero-order valence-electron chi connectivity index (χ0n) is 9.14. The third kappa shape index (κ3) is 3.30. The van der Waals surface area contributed by atoms with E-state index in [1.807, 2.05) is 0 Å². The Hall–Kier alpha value is -1.98. The molecule has 0 saturated heterocycles. The van der Waals surface area contributed by atoms with E-state index in [-0.39, 0.29) is 18.3 Å². The van der Waals surface area contributed by atoms with Crippen molar-refractivity contribution in [2.75, 3.05) is 6.61 Å². The van der Waals surface area contributed by atoms with Gasteiger partial charge in [-0.15, -0.1) is 0 Å². The van der Waals surface area contributed by atoms with Crippen LogP contribution in [0.2, 0.25) is 0 Å². The molecular formula is C10H13N3O3. The molecule has 1 atom stereocenters. The lowest BCUT2D eigenvalue weighted by Crippen LogP contribution is -2.34. The molecule has 1 heterocycles. The number of carbonyl (C=O) groups excluding carboxylic acids is 2. The average molecular weight is 223 g/mol. The molecule has 1 N–H and O–H groups in total. The molecule has 0 spiro atoms. The summed E-state index contributed by atoms with van der Waals surface area (Å²) in [5, 5.41) is 2.44. The van der Waals surface area contributed by atoms with Crippen molar-refractivity contribution in [2.24, 2.45) is 0 Å². The first-order chi connectivity index (χ1) is 7.65. The van der Waals surface area contributed by atoms with Crippen LogP contribution in [0.5, 0.6) is 0 Å². The summed E-state index contributed by atoms with van der Waals surface area (Å²) in [6, 6.07) is 0.679. The molecule has 0 aliphatic carbocycles. The topological polar surface area (TPSA) is 81.2 Å². The number of carbonyl (C=O) groups is 2. The summed E-state index contributed by atoms with van der Waals surface area (Å²) in [6.45, 7) is 3.24. The standard InChI is InChI=1S/C10H13N3O3/c1-3-16-10(15)8(13-7(2)14)9-11-5-4-6-12-9/h4-6,8H,3H2,1-2H3,(H,13,14). The molecule has 1 rings (SSSR count). The molecule has 1 unspecified atom stereocenters. The molecule has 0 saturated carbocycles. The Morgan fingerprint density at radius 2 is 2.06 bits per heavy atom. The average Bonchev–Trinajstić information content (AvgIpc) is 2.27. The van der Waals surface area contributed by atoms with Crippen molar-refractivity contribution in [3.05, 3.63) is 24.3 Å². The first-order valence-corrected chi connectivity index (χ1v) is 4.85. The largest absolute Gasteiger partial charge is 0.464 e. The van der Waals surface area contributed by atoms with Gasteiger partial charge in [-0.1, -0.05) is 0 Å². The number of nitrogens with zero attached hydrogens (tertiary/aromatic N) is 2. The summed E-state index contributed by atoms with van der Waals surface area (Å²) in [5.74, 6) is -0.689. The van der Waals surface area contributed by atoms with Crippen LogP contribution in [0.15, 0.2) is 18.5 Å². The quantitative estimate of drug-likeness (QED) is 0.738. The lowest BCUT2D eigenvalue weighted by atomic mass is 10.2. The molecule has 0 aliphatic heterocycles. The van der Waals surface area contributed by atoms with Crippen molar-refractivity contribution in [1.82, 2.24) is 15.3 Å². The molecule has 1 amide bonds. The monoisotopic (exact) mass is 223 g/mol. The SMILES string of the molecule is CCOC(=O)C(NC(C)=O)c1ncccn1. The summed E-state index contributed by atoms with van der Waals surface area (Å²) >= 11 is 0. The second-order valence-electron chi connectivity index (χ2n) is 2.99. The van der Waals surface area contributed by atoms with Crippen LogP contribution < -0.4 is 5.32 Å². The van der Waals surface area contributed by atoms with Crippen LogP contribution in [0.25, 0.3) is 0 Å². The third-order valence-electron chi connectivity index (χ3n) is 1.71. The summed E-state index contributed by atoms with van der Waals surface area (Å²) in [5.41, 5.74) is 0. The van der Waals surface area contributed by atoms with Crippen molar-refractivity contribution in [1.29, 1.82) is 0 Å². The Balaban J connectivity index is 2.87. The van der Waals surface area contributed by atoms with Crippen LogP contribution >= 0.6 is 0 Å². The van der Waals surface area contributed by atoms with E-state index in [1.54, 1.807) is 13.0 Å². The Labute approximate surface area is 93.0 Å². The van der Waals surface area contributed by atoms with Crippen LogP contribution in [0.1, 0.15) is 25.7 Å². The Morgan fingerprint density at radius 3 is 2.56 bits per heavy atom. The maximum absolute atomic E-state index is 11.6. The van der Waals surface area contributed by atoms with E-state index >= 15 is 0 Å². The summed E-state index contributed by atoms with van der Waals surface area (Å²) in [6.07, 6.45) is 2.99. The van der Waals surface area contributed by atoms with Gasteiger partial charge in [-0.3, -0.25) is 4.79 Å². The minimum atomic E-state index is -0.946. The lowest BCUT2D eigenvalue weighted by Gasteiger charge is -2.14. The highest BCUT2D eigenvalue weighted by Gasteiger charge is 2.25. The van der Waals surface area contributed by atoms with Gasteiger partial charge in [0, 0.05) is 19.3 Å². The van der Waals surface area contributed by atoms with Crippen LogP contribution in [-0.2, 0) is 14.3 Å². The molecular weight excluding hydrogens is 210 g/mol. The fraction of sp³-hybridized carbons (Fsp3) is 0.400. The van der Waals surface area contributed by atoms with Gasteiger partial charge in [-0.2, -0.15) is 0 Å². The zero-order chi connectivity index (χ0) is 12.0. The molecule has 0 aromatic carbocycles. The van der Waals surface area contributed by atoms with Gasteiger partial charge in [0.25, 0.3) is 0 Å². The molecule has 6 heteroatoms. The van der Waals surface area contributed by atoms with E-state index in [2.05, 4.69) is 15.3 Å². The smallest absolute Gasteiger partial charge is 0.336 e. The van der Waals surface area contributed by atoms with Gasteiger partial charge in [0.1, 0.15) is 0 Å². The molecule has 0 fully saturated rings. The molecule has 6 nitrogen and oxygen atoms in total. The Morgan fingerprint density at radius 1 is 1.44 bits per heavy atom. The van der Waals surface area contributed by atoms with E-state index in [0.717, 1.165) is 0 Å². The molecule has 1 aromatic heterocycles. The maximum atomic E-state index is 11.6. The third-order valence-corrected chi connectivity index (χ3v) is 1.71. The maximum Gasteiger partial charge on any atom is 0.336 e. The number of hydrogen-bond acceptors (Lipinski definition) is 5. The number of ether oxygens (including phenoxy) is 1. The second-order valence-corrected chi connectivity index (χ2v) is 2.99. The van der Waals surface area contributed by atoms with Gasteiger partial charge >= 0.3 is 5.97 Å². The van der Waals surface area contributed by atoms with E-state index in [4.69, 9.17) is 4.74 Å². The number of esters is 1. The van der Waals surface area contributed by atoms with E-state index in [9.17, 15) is 9.59 Å². The van der Waals surface area contributed by atoms with E-state index in [0.29, 0.717) is 0 Å². The normalized spacial score (nSPS) is 11.6. The van der Waals surface area contributed by atoms with Crippen LogP contribution in [0, 0.1) is 0 Å². The fourth-order valence-electron chi connectivity index (χ4n) is 1.12. The first kappa shape index (κ1) is 12.1. The van der Waals surface area contributed by atoms with Crippen molar-refractivity contribution in [2.45, 2.75) is 19.9 Å². The number of nitrogens with one attached hydrogen (secondary N) is 1. The molecule has 16 heavy (non-hydrogen) atoms. The van der Waals surface area contributed by atoms with Crippen molar-refractivity contribution in [3.8, 4) is 0 Å². The highest BCUT2D eigenvalue weighted by Crippen LogP contribution is 2.08. The Kier molecular flexibility index (Phi) is 4.38. The van der Waals surface area contributed by atoms with Gasteiger partial charge in [0.2, 0.25) is 5.91 Å². The highest BCUT2D eigenvalue weighted by molar-refractivity contribution is 5.83. The van der Waals surface area contributed by atoms with Crippen molar-refractivity contribution < 1.29 is 14.3 Å². The van der Waals surface area contributed by atoms with Crippen LogP contribution in [0.4, 0.5) is 0 Å². The van der Waals surface area contributed by atoms with Crippen LogP contribution in [-0.4, -0.2) is 28.5 Å². The van der Waals surface area contributed by atoms with Crippen molar-refractivity contribution in [3.63, 3.8) is 0 Å². The first-order valence-electron chi connectivity index (χ1n) is 4.85. The minimum Gasteiger partial charge on any atom is -0.464 e. The minimum absolute atomic E-state index is 0.219. The predicted octanol–water partition coefficient (Wildman–Crippen LogP) is 0.217. The number of aromatic nitrogens is 2. The van der Waals surface area contributed by atoms with Crippen molar-refractivity contribution >= 4 is 11.9 Å². The summed E-state index contributed by atoms with van der Waals surface area (Å²) < 4.78 is 4.83. The van der Waals surface area contributed by atoms with E-state index < -0.39 is 12.0 Å². The predicted molar refractivity (Wildman–Crippen MR) is 55.2 cm³/mol. The van der Waals surface area contributed by atoms with Gasteiger partial charge in [0.15, 0.2) is 11.9 Å². The molecule has 0 radical (unpaired) electrons. The molecule has 1 aromatic rings. The zero-order valence-corrected chi connectivity index (χ0v) is 9.14. The van der Waals surface area contributed by atoms with Crippen LogP contribution in [0.3, 0.4) is 0 Å². The number of rotatable bonds is 4. The molecule has 0 aliphatic rings. The number of hydrogen-bond donors (Lipinski definition) is 1. The molecule has 86 valence electrons. The highest BCUT2D eigenvalue weighted by atomic mass is 16.5. The van der Waals surface area contributed by atoms with Gasteiger partial charge in [-0.25, -0.2) is 14.8 Å². The Bertz CT molecular complexity index is 367. The van der Waals surface area contributed by atoms with Gasteiger partial charge in [0.05, 0.1) is 6.61 Å². The summed E-state index contributed by atoms with van der Waals surface area (Å²) in [7, 11) is 0. The van der Waals surface area contributed by atoms with Gasteiger partial charge < -0.3 is 10.1 Å². The number of amides is 1. The second kappa shape index (κ2) is 5.79. The van der Waals surface area contributed by atoms with E-state index in [1.165, 1.54) is 19.3 Å². The summed E-state index contributed by atoms with van der Waals surface area (Å²) in [4.78, 5) is 30.3. The lowest BCUT2D eigenvalue weighted by molar-refractivity contribution is -0.147.